The number of fused-ring (bicyclic) bond motifs is 3. The summed E-state index contributed by atoms with van der Waals surface area (Å²) in [5.41, 5.74) is 4.93. The molecular formula is C22H25NO3. The van der Waals surface area contributed by atoms with Crippen molar-refractivity contribution in [2.24, 2.45) is 5.92 Å². The Bertz CT molecular complexity index is 743. The predicted molar refractivity (Wildman–Crippen MR) is 101 cm³/mol. The number of hydrogen-bond acceptors (Lipinski definition) is 3. The van der Waals surface area contributed by atoms with Gasteiger partial charge >= 0.3 is 6.09 Å². The van der Waals surface area contributed by atoms with Crippen LogP contribution in [0.15, 0.2) is 48.5 Å². The highest BCUT2D eigenvalue weighted by Crippen LogP contribution is 2.44. The van der Waals surface area contributed by atoms with E-state index >= 15 is 0 Å². The highest BCUT2D eigenvalue weighted by molar-refractivity contribution is 5.79. The minimum absolute atomic E-state index is 0.0898. The monoisotopic (exact) mass is 351 g/mol. The second-order valence-electron chi connectivity index (χ2n) is 7.29. The molecule has 0 radical (unpaired) electrons. The third kappa shape index (κ3) is 3.21. The Morgan fingerprint density at radius 1 is 1.04 bits per heavy atom. The van der Waals surface area contributed by atoms with E-state index in [1.807, 2.05) is 12.1 Å². The van der Waals surface area contributed by atoms with Crippen LogP contribution in [0, 0.1) is 5.92 Å². The molecule has 1 unspecified atom stereocenters. The van der Waals surface area contributed by atoms with Crippen molar-refractivity contribution in [1.29, 1.82) is 0 Å². The minimum atomic E-state index is -0.257. The van der Waals surface area contributed by atoms with Crippen LogP contribution in [0.3, 0.4) is 0 Å². The molecule has 4 rings (SSSR count). The van der Waals surface area contributed by atoms with E-state index in [1.54, 1.807) is 4.90 Å². The van der Waals surface area contributed by atoms with E-state index in [1.165, 1.54) is 22.3 Å². The summed E-state index contributed by atoms with van der Waals surface area (Å²) < 4.78 is 5.73. The molecule has 0 saturated carbocycles. The first-order chi connectivity index (χ1) is 12.8. The maximum absolute atomic E-state index is 12.6. The van der Waals surface area contributed by atoms with E-state index in [4.69, 9.17) is 4.74 Å². The standard InChI is InChI=1S/C22H25NO3/c24-14-16-7-5-6-12-23(13-16)22(25)26-15-21-19-10-3-1-8-17(19)18-9-2-4-11-20(18)21/h1-4,8-11,16,21,24H,5-7,12-15H2. The topological polar surface area (TPSA) is 49.8 Å². The van der Waals surface area contributed by atoms with Crippen LogP contribution in [0.5, 0.6) is 0 Å². The molecule has 136 valence electrons. The molecule has 1 saturated heterocycles. The number of benzene rings is 2. The Kier molecular flexibility index (Phi) is 4.93. The third-order valence-corrected chi connectivity index (χ3v) is 5.62. The van der Waals surface area contributed by atoms with E-state index in [9.17, 15) is 9.90 Å². The Morgan fingerprint density at radius 2 is 1.69 bits per heavy atom. The maximum atomic E-state index is 12.6. The van der Waals surface area contributed by atoms with Crippen LogP contribution in [0.1, 0.15) is 36.3 Å². The molecule has 1 aliphatic carbocycles. The third-order valence-electron chi connectivity index (χ3n) is 5.62. The van der Waals surface area contributed by atoms with Gasteiger partial charge in [-0.1, -0.05) is 55.0 Å². The number of hydrogen-bond donors (Lipinski definition) is 1. The fraction of sp³-hybridized carbons (Fsp3) is 0.409. The zero-order valence-electron chi connectivity index (χ0n) is 14.9. The second-order valence-corrected chi connectivity index (χ2v) is 7.29. The number of aliphatic hydroxyl groups excluding tert-OH is 1. The Morgan fingerprint density at radius 3 is 2.35 bits per heavy atom. The van der Waals surface area contributed by atoms with E-state index in [0.717, 1.165) is 19.3 Å². The zero-order chi connectivity index (χ0) is 17.9. The first-order valence-electron chi connectivity index (χ1n) is 9.48. The number of ether oxygens (including phenoxy) is 1. The van der Waals surface area contributed by atoms with E-state index in [2.05, 4.69) is 36.4 Å². The van der Waals surface area contributed by atoms with Crippen LogP contribution >= 0.6 is 0 Å². The van der Waals surface area contributed by atoms with Crippen molar-refractivity contribution in [3.05, 3.63) is 59.7 Å². The summed E-state index contributed by atoms with van der Waals surface area (Å²) in [6.07, 6.45) is 2.75. The number of aliphatic hydroxyl groups is 1. The van der Waals surface area contributed by atoms with Crippen LogP contribution in [0.2, 0.25) is 0 Å². The molecule has 2 aromatic carbocycles. The first kappa shape index (κ1) is 17.1. The fourth-order valence-corrected chi connectivity index (χ4v) is 4.23. The van der Waals surface area contributed by atoms with Gasteiger partial charge in [0.25, 0.3) is 0 Å². The number of rotatable bonds is 3. The van der Waals surface area contributed by atoms with Gasteiger partial charge in [-0.25, -0.2) is 4.79 Å². The second kappa shape index (κ2) is 7.50. The summed E-state index contributed by atoms with van der Waals surface area (Å²) in [4.78, 5) is 14.4. The van der Waals surface area contributed by atoms with E-state index < -0.39 is 0 Å². The number of nitrogens with zero attached hydrogens (tertiary/aromatic N) is 1. The Hall–Kier alpha value is -2.33. The average Bonchev–Trinajstić information content (AvgIpc) is 2.83. The van der Waals surface area contributed by atoms with Crippen molar-refractivity contribution in [1.82, 2.24) is 4.90 Å². The van der Waals surface area contributed by atoms with Gasteiger partial charge in [-0.3, -0.25) is 0 Å². The molecule has 1 aliphatic heterocycles. The van der Waals surface area contributed by atoms with Crippen molar-refractivity contribution in [3.8, 4) is 11.1 Å². The van der Waals surface area contributed by atoms with Gasteiger partial charge in [0.15, 0.2) is 0 Å². The van der Waals surface area contributed by atoms with Crippen molar-refractivity contribution < 1.29 is 14.6 Å². The summed E-state index contributed by atoms with van der Waals surface area (Å²) in [6, 6.07) is 16.7. The Balaban J connectivity index is 1.48. The van der Waals surface area contributed by atoms with Crippen LogP contribution in [0.25, 0.3) is 11.1 Å². The highest BCUT2D eigenvalue weighted by atomic mass is 16.6. The molecule has 0 aromatic heterocycles. The molecule has 2 aromatic rings. The molecule has 2 aliphatic rings. The number of carbonyl (C=O) groups is 1. The molecule has 4 heteroatoms. The lowest BCUT2D eigenvalue weighted by Crippen LogP contribution is -2.36. The van der Waals surface area contributed by atoms with Crippen LogP contribution in [0.4, 0.5) is 4.79 Å². The number of amides is 1. The molecule has 1 fully saturated rings. The quantitative estimate of drug-likeness (QED) is 0.908. The van der Waals surface area contributed by atoms with Crippen molar-refractivity contribution in [2.45, 2.75) is 25.2 Å². The lowest BCUT2D eigenvalue weighted by Gasteiger charge is -2.24. The van der Waals surface area contributed by atoms with E-state index in [0.29, 0.717) is 19.7 Å². The largest absolute Gasteiger partial charge is 0.448 e. The first-order valence-corrected chi connectivity index (χ1v) is 9.48. The summed E-state index contributed by atoms with van der Waals surface area (Å²) in [5.74, 6) is 0.255. The molecule has 1 heterocycles. The highest BCUT2D eigenvalue weighted by Gasteiger charge is 2.30. The van der Waals surface area contributed by atoms with Crippen molar-refractivity contribution in [2.75, 3.05) is 26.3 Å². The smallest absolute Gasteiger partial charge is 0.409 e. The summed E-state index contributed by atoms with van der Waals surface area (Å²) >= 11 is 0. The lowest BCUT2D eigenvalue weighted by atomic mass is 9.98. The van der Waals surface area contributed by atoms with E-state index in [-0.39, 0.29) is 24.5 Å². The average molecular weight is 351 g/mol. The normalized spacial score (nSPS) is 19.6. The van der Waals surface area contributed by atoms with Gasteiger partial charge < -0.3 is 14.7 Å². The van der Waals surface area contributed by atoms with Crippen molar-refractivity contribution in [3.63, 3.8) is 0 Å². The maximum Gasteiger partial charge on any atom is 0.409 e. The molecule has 26 heavy (non-hydrogen) atoms. The minimum Gasteiger partial charge on any atom is -0.448 e. The lowest BCUT2D eigenvalue weighted by molar-refractivity contribution is 0.0911. The molecule has 1 amide bonds. The van der Waals surface area contributed by atoms with Crippen LogP contribution < -0.4 is 0 Å². The van der Waals surface area contributed by atoms with Crippen LogP contribution in [-0.4, -0.2) is 42.4 Å². The predicted octanol–water partition coefficient (Wildman–Crippen LogP) is 4.03. The number of likely N-dealkylation sites (tertiary alicyclic amines) is 1. The molecule has 4 nitrogen and oxygen atoms in total. The van der Waals surface area contributed by atoms with Gasteiger partial charge in [-0.15, -0.1) is 0 Å². The van der Waals surface area contributed by atoms with Crippen molar-refractivity contribution >= 4 is 6.09 Å². The van der Waals surface area contributed by atoms with Gasteiger partial charge in [-0.2, -0.15) is 0 Å². The fourth-order valence-electron chi connectivity index (χ4n) is 4.23. The van der Waals surface area contributed by atoms with Gasteiger partial charge in [0.05, 0.1) is 0 Å². The SMILES string of the molecule is O=C(OCC1c2ccccc2-c2ccccc21)N1CCCCC(CO)C1. The molecule has 0 bridgehead atoms. The molecule has 0 spiro atoms. The van der Waals surface area contributed by atoms with Gasteiger partial charge in [0, 0.05) is 25.6 Å². The molecule has 1 atom stereocenters. The Labute approximate surface area is 154 Å². The molecule has 1 N–H and O–H groups in total. The van der Waals surface area contributed by atoms with Gasteiger partial charge in [-0.05, 0) is 41.0 Å². The van der Waals surface area contributed by atoms with Crippen LogP contribution in [-0.2, 0) is 4.74 Å². The summed E-state index contributed by atoms with van der Waals surface area (Å²) in [7, 11) is 0. The van der Waals surface area contributed by atoms with Gasteiger partial charge in [0.2, 0.25) is 0 Å². The number of carbonyl (C=O) groups excluding carboxylic acids is 1. The molecular weight excluding hydrogens is 326 g/mol. The van der Waals surface area contributed by atoms with Gasteiger partial charge in [0.1, 0.15) is 6.61 Å². The summed E-state index contributed by atoms with van der Waals surface area (Å²) in [6.45, 7) is 1.79. The zero-order valence-corrected chi connectivity index (χ0v) is 14.9. The summed E-state index contributed by atoms with van der Waals surface area (Å²) in [5, 5.41) is 9.46.